The molecule has 0 N–H and O–H groups in total. The van der Waals surface area contributed by atoms with E-state index >= 15 is 0 Å². The number of hydrogen-bond acceptors (Lipinski definition) is 1. The second-order valence-electron chi connectivity index (χ2n) is 4.71. The van der Waals surface area contributed by atoms with Gasteiger partial charge in [-0.15, -0.1) is 0 Å². The molecule has 0 aromatic heterocycles. The summed E-state index contributed by atoms with van der Waals surface area (Å²) in [6, 6.07) is 21.0. The molecule has 1 radical (unpaired) electrons. The van der Waals surface area contributed by atoms with Crippen molar-refractivity contribution in [2.24, 2.45) is 0 Å². The van der Waals surface area contributed by atoms with Crippen LogP contribution in [0.15, 0.2) is 70.8 Å². The van der Waals surface area contributed by atoms with Gasteiger partial charge in [0.25, 0.3) is 9.04 Å². The van der Waals surface area contributed by atoms with Gasteiger partial charge >= 0.3 is 0 Å². The molecule has 0 aliphatic rings. The minimum absolute atomic E-state index is 0.189. The Labute approximate surface area is 136 Å². The third-order valence-electron chi connectivity index (χ3n) is 2.90. The molecular weight excluding hydrogens is 375 g/mol. The Morgan fingerprint density at radius 1 is 1.05 bits per heavy atom. The van der Waals surface area contributed by atoms with Crippen LogP contribution in [0.3, 0.4) is 0 Å². The van der Waals surface area contributed by atoms with Gasteiger partial charge in [0.1, 0.15) is 0 Å². The molecule has 1 atom stereocenters. The van der Waals surface area contributed by atoms with Gasteiger partial charge in [-0.25, -0.2) is 0 Å². The molecule has 0 aliphatic heterocycles. The van der Waals surface area contributed by atoms with Gasteiger partial charge in [-0.3, -0.25) is 0 Å². The first kappa shape index (κ1) is 15.5. The minimum Gasteiger partial charge on any atom is -0.404 e. The molecule has 1 unspecified atom stereocenters. The van der Waals surface area contributed by atoms with Crippen LogP contribution in [0.1, 0.15) is 13.3 Å². The maximum Gasteiger partial charge on any atom is 0.283 e. The molecule has 3 heteroatoms. The highest BCUT2D eigenvalue weighted by Crippen LogP contribution is 2.13. The summed E-state index contributed by atoms with van der Waals surface area (Å²) >= 11 is 2.27. The SMILES string of the molecule is C=C(I)CC(C)O[Si](c1ccccc1)c1ccccc1. The molecule has 103 valence electrons. The normalized spacial score (nSPS) is 12.3. The van der Waals surface area contributed by atoms with E-state index in [4.69, 9.17) is 4.43 Å². The van der Waals surface area contributed by atoms with E-state index in [0.717, 1.165) is 10.0 Å². The van der Waals surface area contributed by atoms with Gasteiger partial charge in [0.05, 0.1) is 0 Å². The Morgan fingerprint density at radius 2 is 1.50 bits per heavy atom. The molecule has 0 saturated carbocycles. The zero-order chi connectivity index (χ0) is 14.4. The van der Waals surface area contributed by atoms with Crippen molar-refractivity contribution in [3.05, 3.63) is 70.8 Å². The predicted octanol–water partition coefficient (Wildman–Crippen LogP) is 3.54. The second kappa shape index (κ2) is 7.76. The maximum atomic E-state index is 6.37. The van der Waals surface area contributed by atoms with Crippen LogP contribution in [0.2, 0.25) is 0 Å². The van der Waals surface area contributed by atoms with Crippen molar-refractivity contribution in [1.29, 1.82) is 0 Å². The fourth-order valence-electron chi connectivity index (χ4n) is 2.04. The summed E-state index contributed by atoms with van der Waals surface area (Å²) in [5.74, 6) is 0. The van der Waals surface area contributed by atoms with Crippen molar-refractivity contribution in [2.75, 3.05) is 0 Å². The summed E-state index contributed by atoms with van der Waals surface area (Å²) in [6.07, 6.45) is 1.09. The van der Waals surface area contributed by atoms with Crippen LogP contribution < -0.4 is 10.4 Å². The highest BCUT2D eigenvalue weighted by molar-refractivity contribution is 14.1. The molecule has 1 nitrogen and oxygen atoms in total. The quantitative estimate of drug-likeness (QED) is 0.539. The van der Waals surface area contributed by atoms with Crippen LogP contribution in [0.4, 0.5) is 0 Å². The lowest BCUT2D eigenvalue weighted by atomic mass is 10.3. The molecule has 0 saturated heterocycles. The Bertz CT molecular complexity index is 502. The molecule has 0 amide bonds. The summed E-state index contributed by atoms with van der Waals surface area (Å²) < 4.78 is 7.51. The van der Waals surface area contributed by atoms with Gasteiger partial charge in [-0.1, -0.05) is 67.2 Å². The Kier molecular flexibility index (Phi) is 6.00. The molecular formula is C17H18IOSi. The van der Waals surface area contributed by atoms with E-state index in [-0.39, 0.29) is 6.10 Å². The lowest BCUT2D eigenvalue weighted by Crippen LogP contribution is -2.46. The third kappa shape index (κ3) is 4.58. The highest BCUT2D eigenvalue weighted by Gasteiger charge is 2.21. The Morgan fingerprint density at radius 3 is 1.90 bits per heavy atom. The number of rotatable bonds is 6. The molecule has 0 spiro atoms. The first-order chi connectivity index (χ1) is 9.66. The highest BCUT2D eigenvalue weighted by atomic mass is 127. The van der Waals surface area contributed by atoms with Crippen molar-refractivity contribution in [3.63, 3.8) is 0 Å². The molecule has 0 bridgehead atoms. The van der Waals surface area contributed by atoms with Gasteiger partial charge in [-0.2, -0.15) is 0 Å². The molecule has 2 aromatic rings. The Balaban J connectivity index is 2.24. The summed E-state index contributed by atoms with van der Waals surface area (Å²) in [4.78, 5) is 0. The summed E-state index contributed by atoms with van der Waals surface area (Å²) in [5, 5.41) is 2.57. The van der Waals surface area contributed by atoms with Crippen LogP contribution in [0.5, 0.6) is 0 Å². The summed E-state index contributed by atoms with van der Waals surface area (Å²) in [7, 11) is -1.19. The monoisotopic (exact) mass is 393 g/mol. The summed E-state index contributed by atoms with van der Waals surface area (Å²) in [6.45, 7) is 6.09. The number of hydrogen-bond donors (Lipinski definition) is 0. The first-order valence-electron chi connectivity index (χ1n) is 6.64. The van der Waals surface area contributed by atoms with Gasteiger partial charge in [0.2, 0.25) is 0 Å². The van der Waals surface area contributed by atoms with Crippen molar-refractivity contribution < 1.29 is 4.43 Å². The van der Waals surface area contributed by atoms with Gasteiger partial charge in [0.15, 0.2) is 0 Å². The molecule has 0 aliphatic carbocycles. The van der Waals surface area contributed by atoms with Crippen LogP contribution in [0.25, 0.3) is 0 Å². The van der Waals surface area contributed by atoms with Crippen molar-refractivity contribution in [2.45, 2.75) is 19.4 Å². The van der Waals surface area contributed by atoms with Crippen LogP contribution in [-0.4, -0.2) is 15.1 Å². The van der Waals surface area contributed by atoms with Crippen LogP contribution in [0, 0.1) is 0 Å². The molecule has 2 aromatic carbocycles. The van der Waals surface area contributed by atoms with E-state index in [2.05, 4.69) is 84.6 Å². The predicted molar refractivity (Wildman–Crippen MR) is 96.2 cm³/mol. The molecule has 20 heavy (non-hydrogen) atoms. The van der Waals surface area contributed by atoms with Crippen molar-refractivity contribution in [3.8, 4) is 0 Å². The topological polar surface area (TPSA) is 9.23 Å². The molecule has 2 rings (SSSR count). The van der Waals surface area contributed by atoms with Crippen LogP contribution >= 0.6 is 22.6 Å². The van der Waals surface area contributed by atoms with Gasteiger partial charge < -0.3 is 4.43 Å². The molecule has 0 fully saturated rings. The van der Waals surface area contributed by atoms with E-state index in [9.17, 15) is 0 Å². The van der Waals surface area contributed by atoms with E-state index in [0.29, 0.717) is 0 Å². The van der Waals surface area contributed by atoms with E-state index < -0.39 is 9.04 Å². The number of halogens is 1. The average Bonchev–Trinajstić information content (AvgIpc) is 2.46. The Hall–Kier alpha value is -0.913. The summed E-state index contributed by atoms with van der Waals surface area (Å²) in [5.41, 5.74) is 0. The first-order valence-corrected chi connectivity index (χ1v) is 9.13. The van der Waals surface area contributed by atoms with E-state index in [1.807, 2.05) is 12.1 Å². The van der Waals surface area contributed by atoms with Gasteiger partial charge in [-0.05, 0) is 43.5 Å². The zero-order valence-corrected chi connectivity index (χ0v) is 14.7. The average molecular weight is 393 g/mol. The van der Waals surface area contributed by atoms with Gasteiger partial charge in [0, 0.05) is 12.5 Å². The van der Waals surface area contributed by atoms with Crippen molar-refractivity contribution >= 4 is 42.0 Å². The fourth-order valence-corrected chi connectivity index (χ4v) is 4.74. The standard InChI is InChI=1S/C17H18IOSi/c1-14(18)13-15(2)19-20(16-9-5-3-6-10-16)17-11-7-4-8-12-17/h3-12,15H,1,13H2,2H3. The van der Waals surface area contributed by atoms with Crippen LogP contribution in [-0.2, 0) is 4.43 Å². The number of benzene rings is 2. The lowest BCUT2D eigenvalue weighted by molar-refractivity contribution is 0.234. The largest absolute Gasteiger partial charge is 0.404 e. The molecule has 0 heterocycles. The maximum absolute atomic E-state index is 6.37. The fraction of sp³-hybridized carbons (Fsp3) is 0.176. The van der Waals surface area contributed by atoms with E-state index in [1.54, 1.807) is 0 Å². The van der Waals surface area contributed by atoms with E-state index in [1.165, 1.54) is 10.4 Å². The second-order valence-corrected chi connectivity index (χ2v) is 8.29. The minimum atomic E-state index is -1.19. The zero-order valence-electron chi connectivity index (χ0n) is 11.6. The smallest absolute Gasteiger partial charge is 0.283 e. The lowest BCUT2D eigenvalue weighted by Gasteiger charge is -2.21. The third-order valence-corrected chi connectivity index (χ3v) is 5.69. The van der Waals surface area contributed by atoms with Crippen molar-refractivity contribution in [1.82, 2.24) is 0 Å².